The van der Waals surface area contributed by atoms with Crippen LogP contribution in [-0.2, 0) is 0 Å². The van der Waals surface area contributed by atoms with Crippen LogP contribution < -0.4 is 5.32 Å². The lowest BCUT2D eigenvalue weighted by Crippen LogP contribution is -2.08. The Morgan fingerprint density at radius 2 is 2.00 bits per heavy atom. The van der Waals surface area contributed by atoms with Crippen LogP contribution in [0.5, 0.6) is 0 Å². The molecule has 0 aliphatic heterocycles. The number of carboxylic acids is 1. The van der Waals surface area contributed by atoms with Crippen LogP contribution >= 0.6 is 11.6 Å². The summed E-state index contributed by atoms with van der Waals surface area (Å²) in [6.45, 7) is 1.60. The van der Waals surface area contributed by atoms with Gasteiger partial charge < -0.3 is 10.4 Å². The molecule has 0 spiro atoms. The molecular formula is C15H9ClF2N2O2. The maximum Gasteiger partial charge on any atom is 0.340 e. The van der Waals surface area contributed by atoms with Gasteiger partial charge in [-0.1, -0.05) is 11.6 Å². The smallest absolute Gasteiger partial charge is 0.340 e. The first kappa shape index (κ1) is 15.7. The number of nitrogens with one attached hydrogen (secondary N) is 1. The first-order valence-corrected chi connectivity index (χ1v) is 6.41. The van der Waals surface area contributed by atoms with Gasteiger partial charge >= 0.3 is 5.97 Å². The monoisotopic (exact) mass is 322 g/mol. The van der Waals surface area contributed by atoms with Gasteiger partial charge in [0, 0.05) is 5.69 Å². The van der Waals surface area contributed by atoms with Crippen molar-refractivity contribution in [1.82, 2.24) is 0 Å². The zero-order valence-corrected chi connectivity index (χ0v) is 12.0. The minimum Gasteiger partial charge on any atom is -0.478 e. The van der Waals surface area contributed by atoms with Crippen LogP contribution in [0.15, 0.2) is 24.3 Å². The molecule has 0 aliphatic carbocycles. The highest BCUT2D eigenvalue weighted by Gasteiger charge is 2.22. The molecule has 112 valence electrons. The number of hydrogen-bond acceptors (Lipinski definition) is 3. The molecule has 0 aromatic heterocycles. The molecule has 0 saturated carbocycles. The standard InChI is InChI=1S/C15H9ClF2N2O2/c1-7-4-9(17)2-3-10(7)20-11-5-8(6-19)13(16)14(18)12(11)15(21)22/h2-5,20H,1H3,(H,21,22). The second-order valence-corrected chi connectivity index (χ2v) is 4.85. The van der Waals surface area contributed by atoms with Crippen molar-refractivity contribution in [3.63, 3.8) is 0 Å². The lowest BCUT2D eigenvalue weighted by molar-refractivity contribution is 0.0693. The predicted molar refractivity (Wildman–Crippen MR) is 77.5 cm³/mol. The number of hydrogen-bond donors (Lipinski definition) is 2. The van der Waals surface area contributed by atoms with Crippen LogP contribution in [0.3, 0.4) is 0 Å². The molecule has 2 aromatic rings. The van der Waals surface area contributed by atoms with E-state index in [4.69, 9.17) is 22.0 Å². The Morgan fingerprint density at radius 3 is 2.55 bits per heavy atom. The fourth-order valence-electron chi connectivity index (χ4n) is 1.93. The predicted octanol–water partition coefficient (Wildman–Crippen LogP) is 4.24. The first-order valence-electron chi connectivity index (χ1n) is 6.03. The van der Waals surface area contributed by atoms with Gasteiger partial charge in [-0.05, 0) is 36.8 Å². The molecule has 0 amide bonds. The van der Waals surface area contributed by atoms with Crippen LogP contribution in [0.2, 0.25) is 5.02 Å². The number of aryl methyl sites for hydroxylation is 1. The highest BCUT2D eigenvalue weighted by Crippen LogP contribution is 2.32. The first-order chi connectivity index (χ1) is 10.3. The molecule has 0 atom stereocenters. The van der Waals surface area contributed by atoms with Crippen molar-refractivity contribution in [1.29, 1.82) is 5.26 Å². The zero-order chi connectivity index (χ0) is 16.4. The molecule has 22 heavy (non-hydrogen) atoms. The maximum absolute atomic E-state index is 14.1. The van der Waals surface area contributed by atoms with Crippen LogP contribution in [0.1, 0.15) is 21.5 Å². The van der Waals surface area contributed by atoms with Gasteiger partial charge in [0.1, 0.15) is 17.4 Å². The van der Waals surface area contributed by atoms with Crippen LogP contribution in [0, 0.1) is 29.9 Å². The molecule has 0 bridgehead atoms. The van der Waals surface area contributed by atoms with Crippen molar-refractivity contribution in [2.75, 3.05) is 5.32 Å². The Morgan fingerprint density at radius 1 is 1.32 bits per heavy atom. The number of aromatic carboxylic acids is 1. The molecular weight excluding hydrogens is 314 g/mol. The molecule has 7 heteroatoms. The van der Waals surface area contributed by atoms with Crippen molar-refractivity contribution in [2.24, 2.45) is 0 Å². The van der Waals surface area contributed by atoms with Crippen molar-refractivity contribution >= 4 is 28.9 Å². The normalized spacial score (nSPS) is 10.1. The summed E-state index contributed by atoms with van der Waals surface area (Å²) in [6.07, 6.45) is 0. The van der Waals surface area contributed by atoms with Crippen molar-refractivity contribution in [3.05, 3.63) is 57.6 Å². The van der Waals surface area contributed by atoms with Crippen molar-refractivity contribution < 1.29 is 18.7 Å². The summed E-state index contributed by atoms with van der Waals surface area (Å²) in [6, 6.07) is 6.62. The van der Waals surface area contributed by atoms with Crippen molar-refractivity contribution in [2.45, 2.75) is 6.92 Å². The number of halogens is 3. The van der Waals surface area contributed by atoms with E-state index in [2.05, 4.69) is 5.32 Å². The summed E-state index contributed by atoms with van der Waals surface area (Å²) < 4.78 is 27.2. The second kappa shape index (κ2) is 6.00. The molecule has 0 unspecified atom stereocenters. The third kappa shape index (κ3) is 2.85. The van der Waals surface area contributed by atoms with Gasteiger partial charge in [0.2, 0.25) is 0 Å². The van der Waals surface area contributed by atoms with E-state index in [-0.39, 0.29) is 11.3 Å². The summed E-state index contributed by atoms with van der Waals surface area (Å²) in [4.78, 5) is 11.2. The molecule has 0 saturated heterocycles. The lowest BCUT2D eigenvalue weighted by atomic mass is 10.1. The van der Waals surface area contributed by atoms with E-state index in [0.29, 0.717) is 11.3 Å². The van der Waals surface area contributed by atoms with Gasteiger partial charge in [-0.25, -0.2) is 13.6 Å². The number of nitriles is 1. The van der Waals surface area contributed by atoms with E-state index in [9.17, 15) is 13.6 Å². The van der Waals surface area contributed by atoms with Gasteiger partial charge in [0.05, 0.1) is 16.3 Å². The lowest BCUT2D eigenvalue weighted by Gasteiger charge is -2.14. The minimum absolute atomic E-state index is 0.138. The number of carbonyl (C=O) groups is 1. The van der Waals surface area contributed by atoms with E-state index in [1.165, 1.54) is 18.2 Å². The molecule has 2 N–H and O–H groups in total. The fourth-order valence-corrected chi connectivity index (χ4v) is 2.12. The number of benzene rings is 2. The average Bonchev–Trinajstić information content (AvgIpc) is 2.45. The van der Waals surface area contributed by atoms with E-state index in [1.54, 1.807) is 13.0 Å². The van der Waals surface area contributed by atoms with Gasteiger partial charge in [0.15, 0.2) is 5.82 Å². The summed E-state index contributed by atoms with van der Waals surface area (Å²) >= 11 is 5.63. The topological polar surface area (TPSA) is 73.1 Å². The highest BCUT2D eigenvalue weighted by atomic mass is 35.5. The van der Waals surface area contributed by atoms with Crippen LogP contribution in [0.25, 0.3) is 0 Å². The van der Waals surface area contributed by atoms with E-state index >= 15 is 0 Å². The summed E-state index contributed by atoms with van der Waals surface area (Å²) in [5.74, 6) is -3.19. The maximum atomic E-state index is 14.1. The third-order valence-electron chi connectivity index (χ3n) is 3.00. The molecule has 2 rings (SSSR count). The highest BCUT2D eigenvalue weighted by molar-refractivity contribution is 6.32. The summed E-state index contributed by atoms with van der Waals surface area (Å²) in [5.41, 5.74) is -0.153. The van der Waals surface area contributed by atoms with E-state index in [1.807, 2.05) is 0 Å². The van der Waals surface area contributed by atoms with Crippen molar-refractivity contribution in [3.8, 4) is 6.07 Å². The molecule has 0 heterocycles. The molecule has 0 fully saturated rings. The zero-order valence-electron chi connectivity index (χ0n) is 11.2. The van der Waals surface area contributed by atoms with Crippen LogP contribution in [-0.4, -0.2) is 11.1 Å². The SMILES string of the molecule is Cc1cc(F)ccc1Nc1cc(C#N)c(Cl)c(F)c1C(=O)O. The molecule has 0 radical (unpaired) electrons. The number of rotatable bonds is 3. The second-order valence-electron chi connectivity index (χ2n) is 4.48. The van der Waals surface area contributed by atoms with E-state index < -0.39 is 28.2 Å². The minimum atomic E-state index is -1.54. The molecule has 4 nitrogen and oxygen atoms in total. The Bertz CT molecular complexity index is 816. The molecule has 0 aliphatic rings. The number of anilines is 2. The number of carboxylic acid groups (broad SMARTS) is 1. The Labute approximate surface area is 129 Å². The number of nitrogens with zero attached hydrogens (tertiary/aromatic N) is 1. The van der Waals surface area contributed by atoms with Gasteiger partial charge in [-0.15, -0.1) is 0 Å². The molecule has 2 aromatic carbocycles. The van der Waals surface area contributed by atoms with Gasteiger partial charge in [0.25, 0.3) is 0 Å². The Kier molecular flexibility index (Phi) is 4.29. The average molecular weight is 323 g/mol. The van der Waals surface area contributed by atoms with E-state index in [0.717, 1.165) is 6.07 Å². The fraction of sp³-hybridized carbons (Fsp3) is 0.0667. The van der Waals surface area contributed by atoms with Crippen LogP contribution in [0.4, 0.5) is 20.2 Å². The Balaban J connectivity index is 2.61. The summed E-state index contributed by atoms with van der Waals surface area (Å²) in [5, 5.41) is 20.2. The van der Waals surface area contributed by atoms with Gasteiger partial charge in [-0.2, -0.15) is 5.26 Å². The summed E-state index contributed by atoms with van der Waals surface area (Å²) in [7, 11) is 0. The van der Waals surface area contributed by atoms with Gasteiger partial charge in [-0.3, -0.25) is 0 Å². The Hall–Kier alpha value is -2.65. The largest absolute Gasteiger partial charge is 0.478 e. The quantitative estimate of drug-likeness (QED) is 0.886. The third-order valence-corrected chi connectivity index (χ3v) is 3.37.